The van der Waals surface area contributed by atoms with Gasteiger partial charge in [-0.3, -0.25) is 4.99 Å². The van der Waals surface area contributed by atoms with Crippen molar-refractivity contribution in [2.45, 2.75) is 33.2 Å². The lowest BCUT2D eigenvalue weighted by Gasteiger charge is -2.16. The van der Waals surface area contributed by atoms with Gasteiger partial charge in [0.1, 0.15) is 0 Å². The summed E-state index contributed by atoms with van der Waals surface area (Å²) in [6.45, 7) is 7.93. The summed E-state index contributed by atoms with van der Waals surface area (Å²) in [4.78, 5) is 4.60. The molecule has 0 aliphatic heterocycles. The molecular weight excluding hydrogens is 378 g/mol. The first-order chi connectivity index (χ1) is 14.7. The third-order valence-electron chi connectivity index (χ3n) is 4.35. The molecule has 0 saturated carbocycles. The SMILES string of the molecule is CCNC(=NCC(C)COCc1ccccc1)NCC(O)COCc1ccccc1. The molecule has 0 radical (unpaired) electrons. The van der Waals surface area contributed by atoms with Crippen molar-refractivity contribution in [1.82, 2.24) is 10.6 Å². The highest BCUT2D eigenvalue weighted by atomic mass is 16.5. The first-order valence-corrected chi connectivity index (χ1v) is 10.6. The summed E-state index contributed by atoms with van der Waals surface area (Å²) in [7, 11) is 0. The van der Waals surface area contributed by atoms with E-state index in [1.807, 2.05) is 55.5 Å². The van der Waals surface area contributed by atoms with E-state index >= 15 is 0 Å². The molecule has 0 bridgehead atoms. The smallest absolute Gasteiger partial charge is 0.191 e. The quantitative estimate of drug-likeness (QED) is 0.348. The lowest BCUT2D eigenvalue weighted by molar-refractivity contribution is 0.0308. The Bertz CT molecular complexity index is 710. The van der Waals surface area contributed by atoms with Crippen LogP contribution in [-0.2, 0) is 22.7 Å². The first kappa shape index (κ1) is 23.9. The predicted octanol–water partition coefficient (Wildman–Crippen LogP) is 2.97. The minimum atomic E-state index is -0.607. The summed E-state index contributed by atoms with van der Waals surface area (Å²) < 4.78 is 11.4. The summed E-state index contributed by atoms with van der Waals surface area (Å²) in [5, 5.41) is 16.5. The second kappa shape index (κ2) is 14.6. The van der Waals surface area contributed by atoms with Crippen LogP contribution >= 0.6 is 0 Å². The Balaban J connectivity index is 1.64. The zero-order chi connectivity index (χ0) is 21.4. The number of hydrogen-bond acceptors (Lipinski definition) is 4. The molecule has 6 heteroatoms. The number of rotatable bonds is 13. The van der Waals surface area contributed by atoms with Gasteiger partial charge in [0.05, 0.1) is 32.5 Å². The Morgan fingerprint density at radius 2 is 1.47 bits per heavy atom. The van der Waals surface area contributed by atoms with Crippen LogP contribution in [0.5, 0.6) is 0 Å². The van der Waals surface area contributed by atoms with Gasteiger partial charge in [-0.25, -0.2) is 0 Å². The van der Waals surface area contributed by atoms with Gasteiger partial charge in [-0.05, 0) is 24.0 Å². The minimum Gasteiger partial charge on any atom is -0.389 e. The van der Waals surface area contributed by atoms with Crippen molar-refractivity contribution in [3.8, 4) is 0 Å². The second-order valence-electron chi connectivity index (χ2n) is 7.36. The fourth-order valence-electron chi connectivity index (χ4n) is 2.75. The second-order valence-corrected chi connectivity index (χ2v) is 7.36. The molecule has 2 atom stereocenters. The van der Waals surface area contributed by atoms with Crippen LogP contribution in [0.25, 0.3) is 0 Å². The Morgan fingerprint density at radius 3 is 2.03 bits per heavy atom. The molecule has 0 fully saturated rings. The molecule has 0 aliphatic carbocycles. The zero-order valence-corrected chi connectivity index (χ0v) is 18.1. The summed E-state index contributed by atoms with van der Waals surface area (Å²) in [5.41, 5.74) is 2.27. The Hall–Kier alpha value is -2.41. The highest BCUT2D eigenvalue weighted by Crippen LogP contribution is 2.04. The van der Waals surface area contributed by atoms with E-state index in [-0.39, 0.29) is 6.61 Å². The molecule has 3 N–H and O–H groups in total. The average Bonchev–Trinajstić information content (AvgIpc) is 2.77. The topological polar surface area (TPSA) is 75.1 Å². The first-order valence-electron chi connectivity index (χ1n) is 10.6. The molecule has 0 aromatic heterocycles. The molecule has 2 unspecified atom stereocenters. The summed E-state index contributed by atoms with van der Waals surface area (Å²) in [6, 6.07) is 20.1. The maximum atomic E-state index is 10.2. The van der Waals surface area contributed by atoms with Crippen LogP contribution in [0.1, 0.15) is 25.0 Å². The standard InChI is InChI=1S/C24H35N3O3/c1-3-25-24(26-14-20(2)16-29-17-21-10-6-4-7-11-21)27-15-23(28)19-30-18-22-12-8-5-9-13-22/h4-13,20,23,28H,3,14-19H2,1-2H3,(H2,25,26,27). The van der Waals surface area contributed by atoms with Crippen molar-refractivity contribution in [3.63, 3.8) is 0 Å². The third kappa shape index (κ3) is 10.4. The van der Waals surface area contributed by atoms with Crippen LogP contribution in [0, 0.1) is 5.92 Å². The third-order valence-corrected chi connectivity index (χ3v) is 4.35. The lowest BCUT2D eigenvalue weighted by Crippen LogP contribution is -2.42. The van der Waals surface area contributed by atoms with Gasteiger partial charge in [0.25, 0.3) is 0 Å². The highest BCUT2D eigenvalue weighted by molar-refractivity contribution is 5.79. The summed E-state index contributed by atoms with van der Waals surface area (Å²) in [5.74, 6) is 0.984. The van der Waals surface area contributed by atoms with Crippen molar-refractivity contribution in [2.24, 2.45) is 10.9 Å². The van der Waals surface area contributed by atoms with Crippen LogP contribution in [0.15, 0.2) is 65.7 Å². The fraction of sp³-hybridized carbons (Fsp3) is 0.458. The van der Waals surface area contributed by atoms with Crippen LogP contribution in [-0.4, -0.2) is 50.0 Å². The molecular formula is C24H35N3O3. The number of hydrogen-bond donors (Lipinski definition) is 3. The van der Waals surface area contributed by atoms with Crippen molar-refractivity contribution >= 4 is 5.96 Å². The van der Waals surface area contributed by atoms with Crippen LogP contribution in [0.4, 0.5) is 0 Å². The highest BCUT2D eigenvalue weighted by Gasteiger charge is 2.08. The van der Waals surface area contributed by atoms with Crippen molar-refractivity contribution in [3.05, 3.63) is 71.8 Å². The van der Waals surface area contributed by atoms with Crippen LogP contribution in [0.2, 0.25) is 0 Å². The Labute approximate surface area is 180 Å². The van der Waals surface area contributed by atoms with Gasteiger partial charge in [0.15, 0.2) is 5.96 Å². The van der Waals surface area contributed by atoms with Gasteiger partial charge in [0, 0.05) is 19.6 Å². The number of aliphatic hydroxyl groups is 1. The number of ether oxygens (including phenoxy) is 2. The molecule has 2 aromatic carbocycles. The summed E-state index contributed by atoms with van der Waals surface area (Å²) >= 11 is 0. The number of aliphatic hydroxyl groups excluding tert-OH is 1. The maximum Gasteiger partial charge on any atom is 0.191 e. The number of guanidine groups is 1. The predicted molar refractivity (Wildman–Crippen MR) is 121 cm³/mol. The number of aliphatic imine (C=N–C) groups is 1. The number of nitrogens with zero attached hydrogens (tertiary/aromatic N) is 1. The fourth-order valence-corrected chi connectivity index (χ4v) is 2.75. The van der Waals surface area contributed by atoms with Gasteiger partial charge < -0.3 is 25.2 Å². The number of benzene rings is 2. The van der Waals surface area contributed by atoms with E-state index < -0.39 is 6.10 Å². The lowest BCUT2D eigenvalue weighted by atomic mass is 10.2. The van der Waals surface area contributed by atoms with Crippen molar-refractivity contribution in [1.29, 1.82) is 0 Å². The molecule has 30 heavy (non-hydrogen) atoms. The molecule has 0 saturated heterocycles. The molecule has 2 aromatic rings. The normalized spacial score (nSPS) is 13.6. The van der Waals surface area contributed by atoms with Crippen molar-refractivity contribution in [2.75, 3.05) is 32.8 Å². The van der Waals surface area contributed by atoms with E-state index in [1.165, 1.54) is 5.56 Å². The van der Waals surface area contributed by atoms with Crippen LogP contribution < -0.4 is 10.6 Å². The Kier molecular flexibility index (Phi) is 11.6. The van der Waals surface area contributed by atoms with Gasteiger partial charge in [-0.2, -0.15) is 0 Å². The largest absolute Gasteiger partial charge is 0.389 e. The van der Waals surface area contributed by atoms with Gasteiger partial charge in [-0.1, -0.05) is 67.6 Å². The maximum absolute atomic E-state index is 10.2. The zero-order valence-electron chi connectivity index (χ0n) is 18.1. The van der Waals surface area contributed by atoms with E-state index in [0.717, 1.165) is 12.1 Å². The van der Waals surface area contributed by atoms with E-state index in [2.05, 4.69) is 34.7 Å². The van der Waals surface area contributed by atoms with E-state index in [9.17, 15) is 5.11 Å². The molecule has 6 nitrogen and oxygen atoms in total. The molecule has 0 spiro atoms. The van der Waals surface area contributed by atoms with Crippen LogP contribution in [0.3, 0.4) is 0 Å². The molecule has 0 aliphatic rings. The summed E-state index contributed by atoms with van der Waals surface area (Å²) in [6.07, 6.45) is -0.607. The molecule has 164 valence electrons. The minimum absolute atomic E-state index is 0.269. The van der Waals surface area contributed by atoms with E-state index in [1.54, 1.807) is 0 Å². The number of nitrogens with one attached hydrogen (secondary N) is 2. The van der Waals surface area contributed by atoms with Gasteiger partial charge >= 0.3 is 0 Å². The van der Waals surface area contributed by atoms with E-state index in [4.69, 9.17) is 9.47 Å². The molecule has 0 amide bonds. The molecule has 2 rings (SSSR count). The average molecular weight is 414 g/mol. The van der Waals surface area contributed by atoms with Gasteiger partial charge in [0.2, 0.25) is 0 Å². The van der Waals surface area contributed by atoms with E-state index in [0.29, 0.717) is 44.8 Å². The molecule has 0 heterocycles. The van der Waals surface area contributed by atoms with Gasteiger partial charge in [-0.15, -0.1) is 0 Å². The monoisotopic (exact) mass is 413 g/mol. The van der Waals surface area contributed by atoms with Crippen molar-refractivity contribution < 1.29 is 14.6 Å². The Morgan fingerprint density at radius 1 is 0.900 bits per heavy atom.